The monoisotopic (exact) mass is 302 g/mol. The molecule has 21 heavy (non-hydrogen) atoms. The number of fused-ring (bicyclic) bond motifs is 1. The number of nitrogens with zero attached hydrogens (tertiary/aromatic N) is 1. The third kappa shape index (κ3) is 2.66. The Labute approximate surface area is 130 Å². The van der Waals surface area contributed by atoms with E-state index < -0.39 is 0 Å². The summed E-state index contributed by atoms with van der Waals surface area (Å²) in [7, 11) is 3.99. The molecule has 3 rings (SSSR count). The van der Waals surface area contributed by atoms with Crippen molar-refractivity contribution in [3.63, 3.8) is 0 Å². The van der Waals surface area contributed by atoms with Crippen molar-refractivity contribution in [3.05, 3.63) is 52.5 Å². The molecule has 0 fully saturated rings. The first kappa shape index (κ1) is 14.1. The van der Waals surface area contributed by atoms with E-state index in [0.29, 0.717) is 5.75 Å². The number of anilines is 2. The van der Waals surface area contributed by atoms with Crippen molar-refractivity contribution in [2.45, 2.75) is 18.9 Å². The number of hydrogen-bond donors (Lipinski definition) is 2. The Balaban J connectivity index is 1.92. The molecule has 0 saturated carbocycles. The van der Waals surface area contributed by atoms with Crippen LogP contribution in [0.25, 0.3) is 0 Å². The molecule has 0 aromatic heterocycles. The number of halogens is 1. The molecule has 3 nitrogen and oxygen atoms in total. The zero-order valence-corrected chi connectivity index (χ0v) is 13.0. The van der Waals surface area contributed by atoms with Crippen molar-refractivity contribution >= 4 is 23.0 Å². The molecule has 1 atom stereocenters. The van der Waals surface area contributed by atoms with Crippen LogP contribution < -0.4 is 10.2 Å². The number of hydrogen-bond acceptors (Lipinski definition) is 3. The Morgan fingerprint density at radius 3 is 2.81 bits per heavy atom. The topological polar surface area (TPSA) is 35.5 Å². The van der Waals surface area contributed by atoms with E-state index in [1.165, 1.54) is 11.1 Å². The smallest absolute Gasteiger partial charge is 0.115 e. The van der Waals surface area contributed by atoms with Crippen molar-refractivity contribution in [2.75, 3.05) is 24.3 Å². The highest BCUT2D eigenvalue weighted by Gasteiger charge is 2.23. The normalized spacial score (nSPS) is 16.6. The minimum Gasteiger partial charge on any atom is -0.508 e. The van der Waals surface area contributed by atoms with Gasteiger partial charge in [-0.2, -0.15) is 0 Å². The minimum atomic E-state index is 0.262. The van der Waals surface area contributed by atoms with Crippen molar-refractivity contribution in [1.29, 1.82) is 0 Å². The molecule has 0 aliphatic heterocycles. The molecule has 1 aliphatic rings. The molecular weight excluding hydrogens is 284 g/mol. The van der Waals surface area contributed by atoms with E-state index in [1.807, 2.05) is 43.3 Å². The van der Waals surface area contributed by atoms with E-state index in [1.54, 1.807) is 6.07 Å². The summed E-state index contributed by atoms with van der Waals surface area (Å²) in [5.41, 5.74) is 4.53. The van der Waals surface area contributed by atoms with Crippen LogP contribution in [-0.2, 0) is 6.42 Å². The number of aryl methyl sites for hydroxylation is 1. The highest BCUT2D eigenvalue weighted by molar-refractivity contribution is 6.34. The largest absolute Gasteiger partial charge is 0.508 e. The third-order valence-corrected chi connectivity index (χ3v) is 4.27. The summed E-state index contributed by atoms with van der Waals surface area (Å²) in [6.45, 7) is 0. The van der Waals surface area contributed by atoms with E-state index in [4.69, 9.17) is 11.6 Å². The van der Waals surface area contributed by atoms with Crippen LogP contribution in [0, 0.1) is 0 Å². The summed E-state index contributed by atoms with van der Waals surface area (Å²) in [6, 6.07) is 11.8. The van der Waals surface area contributed by atoms with Crippen LogP contribution in [-0.4, -0.2) is 19.2 Å². The molecule has 4 heteroatoms. The number of benzene rings is 2. The molecule has 1 aliphatic carbocycles. The number of para-hydroxylation sites is 1. The maximum atomic E-state index is 9.58. The van der Waals surface area contributed by atoms with E-state index in [2.05, 4.69) is 11.4 Å². The van der Waals surface area contributed by atoms with Crippen LogP contribution in [0.15, 0.2) is 36.4 Å². The first-order chi connectivity index (χ1) is 10.1. The van der Waals surface area contributed by atoms with Gasteiger partial charge in [-0.3, -0.25) is 0 Å². The number of phenols is 1. The standard InChI is InChI=1S/C17H19ClN2O/c1-20(2)17-14(18)4-3-5-16(17)19-15-9-6-11-10-12(21)7-8-13(11)15/h3-5,7-8,10,15,19,21H,6,9H2,1-2H3. The lowest BCUT2D eigenvalue weighted by atomic mass is 10.1. The van der Waals surface area contributed by atoms with E-state index >= 15 is 0 Å². The second-order valence-electron chi connectivity index (χ2n) is 5.65. The second-order valence-corrected chi connectivity index (χ2v) is 6.06. The zero-order chi connectivity index (χ0) is 15.0. The Morgan fingerprint density at radius 2 is 2.05 bits per heavy atom. The molecule has 2 N–H and O–H groups in total. The zero-order valence-electron chi connectivity index (χ0n) is 12.2. The first-order valence-corrected chi connectivity index (χ1v) is 7.48. The van der Waals surface area contributed by atoms with Gasteiger partial charge < -0.3 is 15.3 Å². The first-order valence-electron chi connectivity index (χ1n) is 7.10. The maximum absolute atomic E-state index is 9.58. The van der Waals surface area contributed by atoms with Crippen LogP contribution >= 0.6 is 11.6 Å². The fraction of sp³-hybridized carbons (Fsp3) is 0.294. The van der Waals surface area contributed by atoms with Gasteiger partial charge in [-0.1, -0.05) is 23.7 Å². The molecular formula is C17H19ClN2O. The van der Waals surface area contributed by atoms with Gasteiger partial charge in [0, 0.05) is 14.1 Å². The quantitative estimate of drug-likeness (QED) is 0.891. The van der Waals surface area contributed by atoms with Crippen molar-refractivity contribution < 1.29 is 5.11 Å². The predicted octanol–water partition coefficient (Wildman–Crippen LogP) is 4.21. The minimum absolute atomic E-state index is 0.262. The SMILES string of the molecule is CN(C)c1c(Cl)cccc1NC1CCc2cc(O)ccc21. The Kier molecular flexibility index (Phi) is 3.68. The summed E-state index contributed by atoms with van der Waals surface area (Å²) in [5.74, 6) is 0.339. The number of phenolic OH excluding ortho intramolecular Hbond substituents is 1. The van der Waals surface area contributed by atoms with E-state index in [0.717, 1.165) is 29.2 Å². The summed E-state index contributed by atoms with van der Waals surface area (Å²) < 4.78 is 0. The van der Waals surface area contributed by atoms with Gasteiger partial charge in [0.2, 0.25) is 0 Å². The Bertz CT molecular complexity index is 670. The van der Waals surface area contributed by atoms with Crippen molar-refractivity contribution in [1.82, 2.24) is 0 Å². The fourth-order valence-corrected chi connectivity index (χ4v) is 3.37. The van der Waals surface area contributed by atoms with Gasteiger partial charge in [-0.05, 0) is 48.2 Å². The van der Waals surface area contributed by atoms with E-state index in [-0.39, 0.29) is 6.04 Å². The summed E-state index contributed by atoms with van der Waals surface area (Å²) >= 11 is 6.32. The van der Waals surface area contributed by atoms with Crippen molar-refractivity contribution in [3.8, 4) is 5.75 Å². The third-order valence-electron chi connectivity index (χ3n) is 3.97. The molecule has 1 unspecified atom stereocenters. The molecule has 0 amide bonds. The molecule has 0 heterocycles. The van der Waals surface area contributed by atoms with Gasteiger partial charge >= 0.3 is 0 Å². The predicted molar refractivity (Wildman–Crippen MR) is 88.6 cm³/mol. The number of aromatic hydroxyl groups is 1. The summed E-state index contributed by atoms with van der Waals surface area (Å²) in [5, 5.41) is 13.9. The molecule has 0 radical (unpaired) electrons. The fourth-order valence-electron chi connectivity index (χ4n) is 3.03. The Morgan fingerprint density at radius 1 is 1.24 bits per heavy atom. The van der Waals surface area contributed by atoms with Crippen LogP contribution in [0.2, 0.25) is 5.02 Å². The highest BCUT2D eigenvalue weighted by atomic mass is 35.5. The Hall–Kier alpha value is -1.87. The second kappa shape index (κ2) is 5.49. The van der Waals surface area contributed by atoms with Gasteiger partial charge in [0.25, 0.3) is 0 Å². The van der Waals surface area contributed by atoms with Gasteiger partial charge in [-0.15, -0.1) is 0 Å². The average molecular weight is 303 g/mol. The van der Waals surface area contributed by atoms with Crippen LogP contribution in [0.4, 0.5) is 11.4 Å². The molecule has 0 saturated heterocycles. The highest BCUT2D eigenvalue weighted by Crippen LogP contribution is 2.39. The summed E-state index contributed by atoms with van der Waals surface area (Å²) in [6.07, 6.45) is 2.01. The molecule has 0 bridgehead atoms. The average Bonchev–Trinajstić information content (AvgIpc) is 2.80. The molecule has 110 valence electrons. The van der Waals surface area contributed by atoms with Gasteiger partial charge in [0.1, 0.15) is 5.75 Å². The molecule has 0 spiro atoms. The maximum Gasteiger partial charge on any atom is 0.115 e. The van der Waals surface area contributed by atoms with Gasteiger partial charge in [0.15, 0.2) is 0 Å². The van der Waals surface area contributed by atoms with Gasteiger partial charge in [-0.25, -0.2) is 0 Å². The van der Waals surface area contributed by atoms with E-state index in [9.17, 15) is 5.11 Å². The van der Waals surface area contributed by atoms with Crippen molar-refractivity contribution in [2.24, 2.45) is 0 Å². The van der Waals surface area contributed by atoms with Crippen LogP contribution in [0.1, 0.15) is 23.6 Å². The lowest BCUT2D eigenvalue weighted by Gasteiger charge is -2.23. The van der Waals surface area contributed by atoms with Crippen LogP contribution in [0.5, 0.6) is 5.75 Å². The summed E-state index contributed by atoms with van der Waals surface area (Å²) in [4.78, 5) is 2.03. The molecule has 2 aromatic carbocycles. The van der Waals surface area contributed by atoms with Gasteiger partial charge in [0.05, 0.1) is 22.4 Å². The number of rotatable bonds is 3. The lowest BCUT2D eigenvalue weighted by Crippen LogP contribution is -2.14. The number of nitrogens with one attached hydrogen (secondary N) is 1. The molecule has 2 aromatic rings. The van der Waals surface area contributed by atoms with Crippen LogP contribution in [0.3, 0.4) is 0 Å². The lowest BCUT2D eigenvalue weighted by molar-refractivity contribution is 0.474.